The number of carbonyl (C=O) groups is 1. The van der Waals surface area contributed by atoms with Gasteiger partial charge in [-0.25, -0.2) is 4.39 Å². The smallest absolute Gasteiger partial charge is 0.227 e. The Labute approximate surface area is 158 Å². The van der Waals surface area contributed by atoms with Gasteiger partial charge >= 0.3 is 0 Å². The minimum absolute atomic E-state index is 0.0472. The highest BCUT2D eigenvalue weighted by atomic mass is 35.5. The molecule has 0 radical (unpaired) electrons. The number of nitrogens with zero attached hydrogens (tertiary/aromatic N) is 2. The molecule has 0 bridgehead atoms. The Balaban J connectivity index is 1.65. The van der Waals surface area contributed by atoms with Gasteiger partial charge in [0, 0.05) is 37.3 Å². The van der Waals surface area contributed by atoms with Crippen LogP contribution in [0.4, 0.5) is 10.1 Å². The van der Waals surface area contributed by atoms with Gasteiger partial charge in [0.25, 0.3) is 0 Å². The first-order valence-corrected chi connectivity index (χ1v) is 8.97. The van der Waals surface area contributed by atoms with Crippen LogP contribution in [0.5, 0.6) is 5.75 Å². The summed E-state index contributed by atoms with van der Waals surface area (Å²) in [5, 5.41) is 0.671. The van der Waals surface area contributed by atoms with Crippen LogP contribution in [0.3, 0.4) is 0 Å². The van der Waals surface area contributed by atoms with Crippen molar-refractivity contribution in [2.24, 2.45) is 0 Å². The lowest BCUT2D eigenvalue weighted by atomic mass is 10.1. The molecule has 3 rings (SSSR count). The molecule has 0 unspecified atom stereocenters. The minimum Gasteiger partial charge on any atom is -0.495 e. The first-order valence-electron chi connectivity index (χ1n) is 8.60. The summed E-state index contributed by atoms with van der Waals surface area (Å²) >= 11 is 6.18. The quantitative estimate of drug-likeness (QED) is 0.815. The molecule has 6 heteroatoms. The van der Waals surface area contributed by atoms with E-state index < -0.39 is 0 Å². The average molecular weight is 377 g/mol. The van der Waals surface area contributed by atoms with E-state index in [1.807, 2.05) is 19.1 Å². The van der Waals surface area contributed by atoms with Crippen molar-refractivity contribution < 1.29 is 13.9 Å². The molecule has 0 saturated carbocycles. The topological polar surface area (TPSA) is 32.8 Å². The highest BCUT2D eigenvalue weighted by Crippen LogP contribution is 2.34. The number of piperazine rings is 1. The third kappa shape index (κ3) is 3.93. The van der Waals surface area contributed by atoms with E-state index in [9.17, 15) is 9.18 Å². The van der Waals surface area contributed by atoms with E-state index in [0.717, 1.165) is 17.0 Å². The number of hydrogen-bond acceptors (Lipinski definition) is 3. The summed E-state index contributed by atoms with van der Waals surface area (Å²) in [5.74, 6) is 0.349. The largest absolute Gasteiger partial charge is 0.495 e. The monoisotopic (exact) mass is 376 g/mol. The summed E-state index contributed by atoms with van der Waals surface area (Å²) in [6, 6.07) is 10.3. The van der Waals surface area contributed by atoms with E-state index in [0.29, 0.717) is 36.8 Å². The Kier molecular flexibility index (Phi) is 5.67. The Hall–Kier alpha value is -2.27. The van der Waals surface area contributed by atoms with Gasteiger partial charge in [-0.05, 0) is 30.2 Å². The fraction of sp³-hybridized carbons (Fsp3) is 0.350. The molecule has 2 aromatic rings. The van der Waals surface area contributed by atoms with Gasteiger partial charge in [0.1, 0.15) is 11.6 Å². The second-order valence-corrected chi connectivity index (χ2v) is 6.82. The molecule has 138 valence electrons. The van der Waals surface area contributed by atoms with Crippen LogP contribution >= 0.6 is 11.6 Å². The first kappa shape index (κ1) is 18.5. The number of rotatable bonds is 4. The van der Waals surface area contributed by atoms with Crippen LogP contribution in [0.15, 0.2) is 36.4 Å². The number of methoxy groups -OCH3 is 1. The van der Waals surface area contributed by atoms with Gasteiger partial charge in [-0.1, -0.05) is 29.8 Å². The number of benzene rings is 2. The number of ether oxygens (including phenoxy) is 1. The third-order valence-electron chi connectivity index (χ3n) is 4.73. The molecule has 0 atom stereocenters. The maximum absolute atomic E-state index is 13.8. The van der Waals surface area contributed by atoms with Crippen molar-refractivity contribution >= 4 is 23.2 Å². The first-order chi connectivity index (χ1) is 12.5. The summed E-state index contributed by atoms with van der Waals surface area (Å²) < 4.78 is 19.2. The van der Waals surface area contributed by atoms with Crippen LogP contribution in [-0.2, 0) is 11.2 Å². The molecule has 2 aromatic carbocycles. The normalized spacial score (nSPS) is 14.5. The molecule has 1 fully saturated rings. The van der Waals surface area contributed by atoms with Gasteiger partial charge in [0.2, 0.25) is 5.91 Å². The van der Waals surface area contributed by atoms with Gasteiger partial charge in [-0.2, -0.15) is 0 Å². The molecular weight excluding hydrogens is 355 g/mol. The van der Waals surface area contributed by atoms with Crippen LogP contribution in [0, 0.1) is 12.7 Å². The lowest BCUT2D eigenvalue weighted by Crippen LogP contribution is -2.49. The second-order valence-electron chi connectivity index (χ2n) is 6.41. The van der Waals surface area contributed by atoms with Gasteiger partial charge in [-0.3, -0.25) is 4.79 Å². The van der Waals surface area contributed by atoms with Crippen LogP contribution < -0.4 is 9.64 Å². The number of anilines is 1. The molecule has 0 aliphatic carbocycles. The molecule has 1 aliphatic heterocycles. The van der Waals surface area contributed by atoms with Crippen LogP contribution in [-0.4, -0.2) is 44.1 Å². The van der Waals surface area contributed by atoms with Crippen molar-refractivity contribution in [3.63, 3.8) is 0 Å². The number of hydrogen-bond donors (Lipinski definition) is 0. The molecule has 1 aliphatic rings. The highest BCUT2D eigenvalue weighted by molar-refractivity contribution is 6.31. The van der Waals surface area contributed by atoms with E-state index in [-0.39, 0.29) is 18.1 Å². The van der Waals surface area contributed by atoms with E-state index in [2.05, 4.69) is 4.90 Å². The SMILES string of the molecule is COc1cc(Cl)c(C)cc1N1CCN(C(=O)Cc2ccccc2F)CC1. The van der Waals surface area contributed by atoms with Gasteiger partial charge in [-0.15, -0.1) is 0 Å². The Morgan fingerprint density at radius 2 is 1.88 bits per heavy atom. The zero-order valence-electron chi connectivity index (χ0n) is 15.0. The zero-order chi connectivity index (χ0) is 18.7. The summed E-state index contributed by atoms with van der Waals surface area (Å²) in [6.07, 6.45) is 0.0933. The average Bonchev–Trinajstić information content (AvgIpc) is 2.65. The number of amides is 1. The third-order valence-corrected chi connectivity index (χ3v) is 5.14. The Bertz CT molecular complexity index is 804. The van der Waals surface area contributed by atoms with Crippen LogP contribution in [0.25, 0.3) is 0 Å². The number of aryl methyl sites for hydroxylation is 1. The van der Waals surface area contributed by atoms with Crippen molar-refractivity contribution in [2.75, 3.05) is 38.2 Å². The molecule has 0 N–H and O–H groups in total. The van der Waals surface area contributed by atoms with Gasteiger partial charge in [0.05, 0.1) is 19.2 Å². The fourth-order valence-corrected chi connectivity index (χ4v) is 3.33. The summed E-state index contributed by atoms with van der Waals surface area (Å²) in [7, 11) is 1.62. The van der Waals surface area contributed by atoms with E-state index in [4.69, 9.17) is 16.3 Å². The highest BCUT2D eigenvalue weighted by Gasteiger charge is 2.24. The standard InChI is InChI=1S/C20H22ClFN2O2/c1-14-11-18(19(26-2)13-16(14)21)23-7-9-24(10-8-23)20(25)12-15-5-3-4-6-17(15)22/h3-6,11,13H,7-10,12H2,1-2H3. The summed E-state index contributed by atoms with van der Waals surface area (Å²) in [4.78, 5) is 16.5. The molecule has 0 aromatic heterocycles. The summed E-state index contributed by atoms with van der Waals surface area (Å²) in [5.41, 5.74) is 2.41. The molecule has 1 heterocycles. The fourth-order valence-electron chi connectivity index (χ4n) is 3.17. The molecular formula is C20H22ClFN2O2. The lowest BCUT2D eigenvalue weighted by Gasteiger charge is -2.37. The predicted molar refractivity (Wildman–Crippen MR) is 102 cm³/mol. The molecule has 26 heavy (non-hydrogen) atoms. The summed E-state index contributed by atoms with van der Waals surface area (Å²) in [6.45, 7) is 4.54. The number of halogens is 2. The zero-order valence-corrected chi connectivity index (χ0v) is 15.7. The predicted octanol–water partition coefficient (Wildman–Crippen LogP) is 3.69. The van der Waals surface area contributed by atoms with E-state index >= 15 is 0 Å². The molecule has 0 spiro atoms. The van der Waals surface area contributed by atoms with Gasteiger partial charge < -0.3 is 14.5 Å². The molecule has 1 saturated heterocycles. The van der Waals surface area contributed by atoms with Crippen molar-refractivity contribution in [3.05, 3.63) is 58.4 Å². The van der Waals surface area contributed by atoms with Crippen molar-refractivity contribution in [3.8, 4) is 5.75 Å². The van der Waals surface area contributed by atoms with E-state index in [1.165, 1.54) is 6.07 Å². The second kappa shape index (κ2) is 7.96. The maximum atomic E-state index is 13.8. The minimum atomic E-state index is -0.333. The molecule has 4 nitrogen and oxygen atoms in total. The van der Waals surface area contributed by atoms with Crippen LogP contribution in [0.2, 0.25) is 5.02 Å². The Morgan fingerprint density at radius 1 is 1.19 bits per heavy atom. The maximum Gasteiger partial charge on any atom is 0.227 e. The van der Waals surface area contributed by atoms with Crippen molar-refractivity contribution in [1.29, 1.82) is 0 Å². The van der Waals surface area contributed by atoms with Gasteiger partial charge in [0.15, 0.2) is 0 Å². The number of carbonyl (C=O) groups excluding carboxylic acids is 1. The Morgan fingerprint density at radius 3 is 2.54 bits per heavy atom. The van der Waals surface area contributed by atoms with Crippen molar-refractivity contribution in [1.82, 2.24) is 4.90 Å². The lowest BCUT2D eigenvalue weighted by molar-refractivity contribution is -0.130. The van der Waals surface area contributed by atoms with Crippen LogP contribution in [0.1, 0.15) is 11.1 Å². The van der Waals surface area contributed by atoms with E-state index in [1.54, 1.807) is 30.2 Å². The van der Waals surface area contributed by atoms with Crippen molar-refractivity contribution in [2.45, 2.75) is 13.3 Å². The molecule has 1 amide bonds.